The van der Waals surface area contributed by atoms with E-state index in [1.165, 1.54) is 21.3 Å². The summed E-state index contributed by atoms with van der Waals surface area (Å²) in [6, 6.07) is 12.5. The van der Waals surface area contributed by atoms with Gasteiger partial charge in [0.05, 0.1) is 23.1 Å². The summed E-state index contributed by atoms with van der Waals surface area (Å²) < 4.78 is 48.1. The van der Waals surface area contributed by atoms with Crippen LogP contribution in [0.5, 0.6) is 0 Å². The van der Waals surface area contributed by atoms with Gasteiger partial charge in [-0.15, -0.1) is 0 Å². The van der Waals surface area contributed by atoms with Crippen LogP contribution >= 0.6 is 0 Å². The molecule has 1 fully saturated rings. The van der Waals surface area contributed by atoms with Crippen LogP contribution in [0.4, 0.5) is 9.18 Å². The maximum absolute atomic E-state index is 14.8. The molecule has 2 aromatic carbocycles. The van der Waals surface area contributed by atoms with Gasteiger partial charge in [0.15, 0.2) is 0 Å². The van der Waals surface area contributed by atoms with Crippen molar-refractivity contribution >= 4 is 22.0 Å². The number of sulfonamides is 1. The highest BCUT2D eigenvalue weighted by Gasteiger charge is 2.40. The number of piperazine rings is 1. The molecule has 1 N–H and O–H groups in total. The Morgan fingerprint density at radius 3 is 2.39 bits per heavy atom. The van der Waals surface area contributed by atoms with Crippen molar-refractivity contribution in [3.8, 4) is 0 Å². The number of esters is 1. The number of nitrogens with one attached hydrogen (secondary N) is 1. The van der Waals surface area contributed by atoms with E-state index < -0.39 is 33.9 Å². The van der Waals surface area contributed by atoms with Crippen molar-refractivity contribution in [3.63, 3.8) is 0 Å². The third-order valence-corrected chi connectivity index (χ3v) is 8.87. The fraction of sp³-hybridized carbons (Fsp3) is 0.407. The van der Waals surface area contributed by atoms with Crippen LogP contribution < -0.4 is 5.32 Å². The maximum Gasteiger partial charge on any atom is 0.338 e. The molecule has 2 aromatic rings. The van der Waals surface area contributed by atoms with E-state index in [9.17, 15) is 22.4 Å². The topological polar surface area (TPSA) is 99.3 Å². The first-order valence-corrected chi connectivity index (χ1v) is 14.1. The molecule has 4 rings (SSSR count). The van der Waals surface area contributed by atoms with Gasteiger partial charge in [-0.1, -0.05) is 36.4 Å². The maximum atomic E-state index is 14.8. The molecular formula is C27H33FN4O5S. The SMILES string of the molecule is CCOC(=O)C1=C(CN2CCN(S(=O)(=O)c3ccccc3)C(C)C2)N(CC)C(=O)NC1c1ccccc1F. The first kappa shape index (κ1) is 27.7. The molecule has 11 heteroatoms. The van der Waals surface area contributed by atoms with Gasteiger partial charge in [0.1, 0.15) is 5.82 Å². The lowest BCUT2D eigenvalue weighted by Crippen LogP contribution is -2.56. The molecule has 2 aliphatic rings. The van der Waals surface area contributed by atoms with E-state index >= 15 is 0 Å². The highest BCUT2D eigenvalue weighted by atomic mass is 32.2. The normalized spacial score (nSPS) is 21.4. The Bertz CT molecular complexity index is 1320. The molecule has 2 atom stereocenters. The molecule has 2 amide bonds. The van der Waals surface area contributed by atoms with Crippen LogP contribution in [0.15, 0.2) is 70.8 Å². The minimum absolute atomic E-state index is 0.118. The largest absolute Gasteiger partial charge is 0.463 e. The van der Waals surface area contributed by atoms with Gasteiger partial charge < -0.3 is 10.1 Å². The molecule has 9 nitrogen and oxygen atoms in total. The van der Waals surface area contributed by atoms with E-state index in [4.69, 9.17) is 4.74 Å². The fourth-order valence-electron chi connectivity index (χ4n) is 5.06. The standard InChI is InChI=1S/C27H33FN4O5S/c1-4-31-23(18-30-15-16-32(19(3)17-30)38(35,36)20-11-7-6-8-12-20)24(26(33)37-5-2)25(29-27(31)34)21-13-9-10-14-22(21)28/h6-14,19,25H,4-5,15-18H2,1-3H3,(H,29,34). The van der Waals surface area contributed by atoms with Crippen molar-refractivity contribution in [2.75, 3.05) is 39.3 Å². The molecule has 0 radical (unpaired) electrons. The predicted octanol–water partition coefficient (Wildman–Crippen LogP) is 3.12. The van der Waals surface area contributed by atoms with Crippen LogP contribution in [-0.4, -0.2) is 79.9 Å². The monoisotopic (exact) mass is 544 g/mol. The average molecular weight is 545 g/mol. The number of hydrogen-bond donors (Lipinski definition) is 1. The lowest BCUT2D eigenvalue weighted by molar-refractivity contribution is -0.139. The Hall–Kier alpha value is -3.28. The predicted molar refractivity (Wildman–Crippen MR) is 140 cm³/mol. The second-order valence-corrected chi connectivity index (χ2v) is 11.1. The molecule has 204 valence electrons. The molecule has 1 saturated heterocycles. The van der Waals surface area contributed by atoms with Crippen LogP contribution in [0.3, 0.4) is 0 Å². The minimum Gasteiger partial charge on any atom is -0.463 e. The third kappa shape index (κ3) is 5.45. The summed E-state index contributed by atoms with van der Waals surface area (Å²) in [5.41, 5.74) is 0.768. The van der Waals surface area contributed by atoms with Crippen LogP contribution in [0.25, 0.3) is 0 Å². The summed E-state index contributed by atoms with van der Waals surface area (Å²) in [5, 5.41) is 2.77. The number of ether oxygens (including phenoxy) is 1. The van der Waals surface area contributed by atoms with E-state index in [0.717, 1.165) is 0 Å². The van der Waals surface area contributed by atoms with Crippen molar-refractivity contribution in [1.29, 1.82) is 0 Å². The van der Waals surface area contributed by atoms with Crippen LogP contribution in [0, 0.1) is 5.82 Å². The number of benzene rings is 2. The summed E-state index contributed by atoms with van der Waals surface area (Å²) in [7, 11) is -3.67. The van der Waals surface area contributed by atoms with Crippen molar-refractivity contribution in [1.82, 2.24) is 19.4 Å². The van der Waals surface area contributed by atoms with Crippen LogP contribution in [-0.2, 0) is 19.6 Å². The number of carbonyl (C=O) groups is 2. The second-order valence-electron chi connectivity index (χ2n) is 9.24. The summed E-state index contributed by atoms with van der Waals surface area (Å²) in [5.74, 6) is -1.18. The Kier molecular flexibility index (Phi) is 8.49. The third-order valence-electron chi connectivity index (χ3n) is 6.84. The fourth-order valence-corrected chi connectivity index (χ4v) is 6.69. The number of nitrogens with zero attached hydrogens (tertiary/aromatic N) is 3. The van der Waals surface area contributed by atoms with E-state index in [1.54, 1.807) is 56.3 Å². The molecule has 0 aromatic heterocycles. The molecule has 0 saturated carbocycles. The number of rotatable bonds is 8. The van der Waals surface area contributed by atoms with Crippen molar-refractivity contribution < 1.29 is 27.1 Å². The van der Waals surface area contributed by atoms with Crippen molar-refractivity contribution in [2.24, 2.45) is 0 Å². The number of urea groups is 1. The molecule has 0 bridgehead atoms. The minimum atomic E-state index is -3.67. The highest BCUT2D eigenvalue weighted by molar-refractivity contribution is 7.89. The number of amides is 2. The smallest absolute Gasteiger partial charge is 0.338 e. The van der Waals surface area contributed by atoms with Gasteiger partial charge >= 0.3 is 12.0 Å². The Balaban J connectivity index is 1.67. The lowest BCUT2D eigenvalue weighted by atomic mass is 9.93. The first-order chi connectivity index (χ1) is 18.2. The number of halogens is 1. The van der Waals surface area contributed by atoms with Crippen molar-refractivity contribution in [2.45, 2.75) is 37.8 Å². The summed E-state index contributed by atoms with van der Waals surface area (Å²) in [6.45, 7) is 6.93. The zero-order valence-electron chi connectivity index (χ0n) is 21.8. The quantitative estimate of drug-likeness (QED) is 0.513. The second kappa shape index (κ2) is 11.6. The summed E-state index contributed by atoms with van der Waals surface area (Å²) >= 11 is 0. The zero-order chi connectivity index (χ0) is 27.4. The van der Waals surface area contributed by atoms with Gasteiger partial charge in [0.25, 0.3) is 0 Å². The highest BCUT2D eigenvalue weighted by Crippen LogP contribution is 2.33. The lowest BCUT2D eigenvalue weighted by Gasteiger charge is -2.42. The zero-order valence-corrected chi connectivity index (χ0v) is 22.6. The molecule has 0 spiro atoms. The molecule has 38 heavy (non-hydrogen) atoms. The van der Waals surface area contributed by atoms with E-state index in [1.807, 2.05) is 11.8 Å². The summed E-state index contributed by atoms with van der Waals surface area (Å²) in [6.07, 6.45) is 0. The van der Waals surface area contributed by atoms with Gasteiger partial charge in [-0.3, -0.25) is 9.80 Å². The van der Waals surface area contributed by atoms with Crippen molar-refractivity contribution in [3.05, 3.63) is 77.2 Å². The first-order valence-electron chi connectivity index (χ1n) is 12.7. The molecule has 2 aliphatic heterocycles. The Morgan fingerprint density at radius 1 is 1.08 bits per heavy atom. The Labute approximate surface area is 222 Å². The average Bonchev–Trinajstić information content (AvgIpc) is 2.89. The van der Waals surface area contributed by atoms with E-state index in [0.29, 0.717) is 18.8 Å². The Morgan fingerprint density at radius 2 is 1.76 bits per heavy atom. The molecule has 2 heterocycles. The van der Waals surface area contributed by atoms with Crippen LogP contribution in [0.2, 0.25) is 0 Å². The van der Waals surface area contributed by atoms with E-state index in [-0.39, 0.29) is 48.3 Å². The van der Waals surface area contributed by atoms with Gasteiger partial charge in [-0.05, 0) is 39.0 Å². The van der Waals surface area contributed by atoms with Gasteiger partial charge in [0, 0.05) is 50.0 Å². The van der Waals surface area contributed by atoms with E-state index in [2.05, 4.69) is 5.32 Å². The molecule has 0 aliphatic carbocycles. The van der Waals surface area contributed by atoms with Gasteiger partial charge in [0.2, 0.25) is 10.0 Å². The molecule has 2 unspecified atom stereocenters. The number of hydrogen-bond acceptors (Lipinski definition) is 6. The number of carbonyl (C=O) groups excluding carboxylic acids is 2. The number of likely N-dealkylation sites (N-methyl/N-ethyl adjacent to an activating group) is 1. The molecular weight excluding hydrogens is 511 g/mol. The van der Waals surface area contributed by atoms with Gasteiger partial charge in [-0.25, -0.2) is 22.4 Å². The summed E-state index contributed by atoms with van der Waals surface area (Å²) in [4.78, 5) is 30.0. The van der Waals surface area contributed by atoms with Crippen LogP contribution in [0.1, 0.15) is 32.4 Å². The van der Waals surface area contributed by atoms with Gasteiger partial charge in [-0.2, -0.15) is 4.31 Å².